The molecule has 1 aromatic rings. The number of rotatable bonds is 6. The van der Waals surface area contributed by atoms with Gasteiger partial charge in [-0.2, -0.15) is 0 Å². The van der Waals surface area contributed by atoms with Gasteiger partial charge < -0.3 is 10.0 Å². The number of amides is 1. The first-order chi connectivity index (χ1) is 11.0. The number of nitrogens with zero attached hydrogens (tertiary/aromatic N) is 2. The number of carboxylic acids is 1. The van der Waals surface area contributed by atoms with E-state index < -0.39 is 5.97 Å². The van der Waals surface area contributed by atoms with Gasteiger partial charge in [-0.25, -0.2) is 0 Å². The van der Waals surface area contributed by atoms with E-state index in [1.807, 2.05) is 34.9 Å². The Morgan fingerprint density at radius 3 is 2.52 bits per heavy atom. The average Bonchev–Trinajstić information content (AvgIpc) is 2.54. The summed E-state index contributed by atoms with van der Waals surface area (Å²) in [6.45, 7) is 4.09. The van der Waals surface area contributed by atoms with Crippen LogP contribution in [0.15, 0.2) is 24.3 Å². The van der Waals surface area contributed by atoms with Crippen LogP contribution in [0.3, 0.4) is 0 Å². The molecule has 1 aromatic carbocycles. The molecule has 126 valence electrons. The van der Waals surface area contributed by atoms with Crippen molar-refractivity contribution in [2.75, 3.05) is 26.2 Å². The Labute approximate surface area is 141 Å². The van der Waals surface area contributed by atoms with Gasteiger partial charge in [0.05, 0.1) is 13.0 Å². The molecule has 1 fully saturated rings. The zero-order valence-corrected chi connectivity index (χ0v) is 14.1. The number of likely N-dealkylation sites (N-methyl/N-ethyl adjacent to an activating group) is 1. The van der Waals surface area contributed by atoms with Gasteiger partial charge in [-0.15, -0.1) is 0 Å². The standard InChI is InChI=1S/C17H23ClN2O3/c1-2-19(12-17(22)23)14-7-9-20(10-8-14)16(21)11-13-5-3-4-6-15(13)18/h3-6,14H,2,7-12H2,1H3,(H,22,23). The van der Waals surface area contributed by atoms with Crippen LogP contribution in [0.1, 0.15) is 25.3 Å². The summed E-state index contributed by atoms with van der Waals surface area (Å²) in [5, 5.41) is 9.58. The van der Waals surface area contributed by atoms with Crippen molar-refractivity contribution >= 4 is 23.5 Å². The molecule has 1 heterocycles. The summed E-state index contributed by atoms with van der Waals surface area (Å²) < 4.78 is 0. The van der Waals surface area contributed by atoms with Crippen molar-refractivity contribution in [2.24, 2.45) is 0 Å². The van der Waals surface area contributed by atoms with Crippen LogP contribution in [0.2, 0.25) is 5.02 Å². The highest BCUT2D eigenvalue weighted by Crippen LogP contribution is 2.20. The van der Waals surface area contributed by atoms with Gasteiger partial charge in [0.1, 0.15) is 0 Å². The lowest BCUT2D eigenvalue weighted by Crippen LogP contribution is -2.48. The van der Waals surface area contributed by atoms with E-state index in [1.54, 1.807) is 6.07 Å². The van der Waals surface area contributed by atoms with Crippen molar-refractivity contribution in [1.82, 2.24) is 9.80 Å². The van der Waals surface area contributed by atoms with Crippen LogP contribution in [0, 0.1) is 0 Å². The molecule has 2 rings (SSSR count). The van der Waals surface area contributed by atoms with Crippen molar-refractivity contribution in [3.8, 4) is 0 Å². The van der Waals surface area contributed by atoms with Gasteiger partial charge in [0.2, 0.25) is 5.91 Å². The van der Waals surface area contributed by atoms with Gasteiger partial charge in [0, 0.05) is 24.2 Å². The summed E-state index contributed by atoms with van der Waals surface area (Å²) in [6.07, 6.45) is 1.95. The van der Waals surface area contributed by atoms with E-state index >= 15 is 0 Å². The molecule has 0 radical (unpaired) electrons. The normalized spacial score (nSPS) is 15.9. The molecule has 1 aliphatic rings. The fourth-order valence-electron chi connectivity index (χ4n) is 3.07. The first kappa shape index (κ1) is 17.8. The van der Waals surface area contributed by atoms with Crippen molar-refractivity contribution in [3.63, 3.8) is 0 Å². The molecule has 5 nitrogen and oxygen atoms in total. The second-order valence-electron chi connectivity index (χ2n) is 5.84. The lowest BCUT2D eigenvalue weighted by Gasteiger charge is -2.37. The number of halogens is 1. The highest BCUT2D eigenvalue weighted by Gasteiger charge is 2.27. The molecule has 6 heteroatoms. The molecule has 0 bridgehead atoms. The van der Waals surface area contributed by atoms with Crippen LogP contribution in [0.5, 0.6) is 0 Å². The van der Waals surface area contributed by atoms with Gasteiger partial charge in [0.25, 0.3) is 0 Å². The molecule has 23 heavy (non-hydrogen) atoms. The number of aliphatic carboxylic acids is 1. The Bertz CT molecular complexity index is 557. The smallest absolute Gasteiger partial charge is 0.317 e. The quantitative estimate of drug-likeness (QED) is 0.864. The predicted molar refractivity (Wildman–Crippen MR) is 89.6 cm³/mol. The highest BCUT2D eigenvalue weighted by molar-refractivity contribution is 6.31. The van der Waals surface area contributed by atoms with Crippen LogP contribution in [0.4, 0.5) is 0 Å². The molecule has 0 aliphatic carbocycles. The van der Waals surface area contributed by atoms with E-state index in [0.29, 0.717) is 31.1 Å². The Balaban J connectivity index is 1.87. The Hall–Kier alpha value is -1.59. The van der Waals surface area contributed by atoms with E-state index in [0.717, 1.165) is 18.4 Å². The summed E-state index contributed by atoms with van der Waals surface area (Å²) in [7, 11) is 0. The lowest BCUT2D eigenvalue weighted by molar-refractivity contribution is -0.140. The van der Waals surface area contributed by atoms with E-state index in [1.165, 1.54) is 0 Å². The highest BCUT2D eigenvalue weighted by atomic mass is 35.5. The van der Waals surface area contributed by atoms with Gasteiger partial charge in [-0.1, -0.05) is 36.7 Å². The van der Waals surface area contributed by atoms with Crippen LogP contribution in [-0.2, 0) is 16.0 Å². The average molecular weight is 339 g/mol. The second kappa shape index (κ2) is 8.31. The maximum absolute atomic E-state index is 12.4. The van der Waals surface area contributed by atoms with Crippen molar-refractivity contribution in [2.45, 2.75) is 32.2 Å². The van der Waals surface area contributed by atoms with E-state index in [9.17, 15) is 9.59 Å². The molecule has 0 unspecified atom stereocenters. The predicted octanol–water partition coefficient (Wildman–Crippen LogP) is 2.28. The molecule has 0 saturated carbocycles. The van der Waals surface area contributed by atoms with Crippen molar-refractivity contribution in [3.05, 3.63) is 34.9 Å². The molecule has 0 spiro atoms. The first-order valence-electron chi connectivity index (χ1n) is 7.98. The Kier molecular flexibility index (Phi) is 6.42. The molecule has 1 amide bonds. The summed E-state index contributed by atoms with van der Waals surface area (Å²) >= 11 is 6.11. The summed E-state index contributed by atoms with van der Waals surface area (Å²) in [6, 6.07) is 7.63. The number of hydrogen-bond acceptors (Lipinski definition) is 3. The monoisotopic (exact) mass is 338 g/mol. The van der Waals surface area contributed by atoms with Crippen LogP contribution in [-0.4, -0.2) is 59.0 Å². The number of hydrogen-bond donors (Lipinski definition) is 1. The molecule has 1 aliphatic heterocycles. The molecular weight excluding hydrogens is 316 g/mol. The fourth-order valence-corrected chi connectivity index (χ4v) is 3.27. The third kappa shape index (κ3) is 4.94. The lowest BCUT2D eigenvalue weighted by atomic mass is 10.0. The molecular formula is C17H23ClN2O3. The zero-order chi connectivity index (χ0) is 16.8. The van der Waals surface area contributed by atoms with Crippen molar-refractivity contribution in [1.29, 1.82) is 0 Å². The number of piperidine rings is 1. The fraction of sp³-hybridized carbons (Fsp3) is 0.529. The van der Waals surface area contributed by atoms with E-state index in [-0.39, 0.29) is 18.5 Å². The maximum Gasteiger partial charge on any atom is 0.317 e. The summed E-state index contributed by atoms with van der Waals surface area (Å²) in [5.41, 5.74) is 0.849. The van der Waals surface area contributed by atoms with E-state index in [4.69, 9.17) is 16.7 Å². The Morgan fingerprint density at radius 1 is 1.30 bits per heavy atom. The third-order valence-electron chi connectivity index (χ3n) is 4.38. The number of carboxylic acid groups (broad SMARTS) is 1. The largest absolute Gasteiger partial charge is 0.480 e. The number of likely N-dealkylation sites (tertiary alicyclic amines) is 1. The third-order valence-corrected chi connectivity index (χ3v) is 4.75. The minimum Gasteiger partial charge on any atom is -0.480 e. The minimum absolute atomic E-state index is 0.0642. The van der Waals surface area contributed by atoms with E-state index in [2.05, 4.69) is 0 Å². The van der Waals surface area contributed by atoms with Gasteiger partial charge in [-0.3, -0.25) is 14.5 Å². The SMILES string of the molecule is CCN(CC(=O)O)C1CCN(C(=O)Cc2ccccc2Cl)CC1. The number of carbonyl (C=O) groups excluding carboxylic acids is 1. The summed E-state index contributed by atoms with van der Waals surface area (Å²) in [5.74, 6) is -0.720. The van der Waals surface area contributed by atoms with Crippen molar-refractivity contribution < 1.29 is 14.7 Å². The van der Waals surface area contributed by atoms with Crippen LogP contribution < -0.4 is 0 Å². The molecule has 1 N–H and O–H groups in total. The maximum atomic E-state index is 12.4. The zero-order valence-electron chi connectivity index (χ0n) is 13.4. The first-order valence-corrected chi connectivity index (χ1v) is 8.36. The molecule has 1 saturated heterocycles. The second-order valence-corrected chi connectivity index (χ2v) is 6.24. The van der Waals surface area contributed by atoms with Gasteiger partial charge in [-0.05, 0) is 31.0 Å². The van der Waals surface area contributed by atoms with Crippen LogP contribution in [0.25, 0.3) is 0 Å². The van der Waals surface area contributed by atoms with Gasteiger partial charge >= 0.3 is 5.97 Å². The minimum atomic E-state index is -0.802. The topological polar surface area (TPSA) is 60.9 Å². The van der Waals surface area contributed by atoms with Crippen LogP contribution >= 0.6 is 11.6 Å². The number of benzene rings is 1. The molecule has 0 atom stereocenters. The molecule has 0 aromatic heterocycles. The number of carbonyl (C=O) groups is 2. The summed E-state index contributed by atoms with van der Waals surface area (Å²) in [4.78, 5) is 27.1. The van der Waals surface area contributed by atoms with Gasteiger partial charge in [0.15, 0.2) is 0 Å². The Morgan fingerprint density at radius 2 is 1.96 bits per heavy atom.